The van der Waals surface area contributed by atoms with Gasteiger partial charge < -0.3 is 10.2 Å². The van der Waals surface area contributed by atoms with Gasteiger partial charge in [-0.05, 0) is 19.3 Å². The summed E-state index contributed by atoms with van der Waals surface area (Å²) >= 11 is 0. The Hall–Kier alpha value is -1.23. The van der Waals surface area contributed by atoms with Gasteiger partial charge in [0.2, 0.25) is 0 Å². The van der Waals surface area contributed by atoms with E-state index in [0.29, 0.717) is 30.0 Å². The topological polar surface area (TPSA) is 41.1 Å². The first kappa shape index (κ1) is 14.2. The fourth-order valence-corrected chi connectivity index (χ4v) is 2.60. The second kappa shape index (κ2) is 6.28. The van der Waals surface area contributed by atoms with Crippen LogP contribution in [0.15, 0.2) is 6.33 Å². The zero-order chi connectivity index (χ0) is 13.8. The summed E-state index contributed by atoms with van der Waals surface area (Å²) in [5.41, 5.74) is 0.506. The molecule has 0 aromatic carbocycles. The van der Waals surface area contributed by atoms with Gasteiger partial charge >= 0.3 is 0 Å². The van der Waals surface area contributed by atoms with Gasteiger partial charge in [-0.15, -0.1) is 0 Å². The van der Waals surface area contributed by atoms with Crippen molar-refractivity contribution in [2.75, 3.05) is 18.0 Å². The summed E-state index contributed by atoms with van der Waals surface area (Å²) in [5.74, 6) is 0.221. The molecule has 1 saturated heterocycles. The van der Waals surface area contributed by atoms with Crippen LogP contribution < -0.4 is 10.2 Å². The van der Waals surface area contributed by atoms with Gasteiger partial charge in [0, 0.05) is 25.2 Å². The molecule has 0 radical (unpaired) electrons. The van der Waals surface area contributed by atoms with E-state index >= 15 is 0 Å². The standard InChI is InChI=1S/C14H23FN4/c1-4-10-8-19(11(5-2)7-16-10)14-13(15)12(6-3)17-9-18-14/h9-11,16H,4-8H2,1-3H3. The molecule has 106 valence electrons. The van der Waals surface area contributed by atoms with Crippen molar-refractivity contribution in [3.05, 3.63) is 17.8 Å². The molecule has 0 aliphatic carbocycles. The highest BCUT2D eigenvalue weighted by Gasteiger charge is 2.29. The number of rotatable bonds is 4. The minimum absolute atomic E-state index is 0.250. The van der Waals surface area contributed by atoms with E-state index in [4.69, 9.17) is 0 Å². The molecule has 1 aromatic heterocycles. The molecule has 4 nitrogen and oxygen atoms in total. The van der Waals surface area contributed by atoms with Gasteiger partial charge in [-0.2, -0.15) is 0 Å². The molecule has 1 aliphatic heterocycles. The molecule has 0 bridgehead atoms. The molecule has 0 saturated carbocycles. The van der Waals surface area contributed by atoms with Crippen LogP contribution in [0.3, 0.4) is 0 Å². The Morgan fingerprint density at radius 2 is 2.11 bits per heavy atom. The second-order valence-electron chi connectivity index (χ2n) is 5.04. The minimum Gasteiger partial charge on any atom is -0.348 e. The zero-order valence-electron chi connectivity index (χ0n) is 12.0. The number of nitrogens with one attached hydrogen (secondary N) is 1. The molecule has 0 amide bonds. The Morgan fingerprint density at radius 1 is 1.32 bits per heavy atom. The number of hydrogen-bond donors (Lipinski definition) is 1. The van der Waals surface area contributed by atoms with Crippen molar-refractivity contribution in [3.8, 4) is 0 Å². The van der Waals surface area contributed by atoms with Crippen LogP contribution in [-0.4, -0.2) is 35.1 Å². The number of anilines is 1. The molecular formula is C14H23FN4. The third kappa shape index (κ3) is 2.86. The number of piperazine rings is 1. The van der Waals surface area contributed by atoms with Crippen LogP contribution in [0.1, 0.15) is 39.3 Å². The quantitative estimate of drug-likeness (QED) is 0.906. The van der Waals surface area contributed by atoms with Crippen LogP contribution in [0.4, 0.5) is 10.2 Å². The molecule has 1 aliphatic rings. The maximum absolute atomic E-state index is 14.4. The minimum atomic E-state index is -0.250. The second-order valence-corrected chi connectivity index (χ2v) is 5.04. The molecule has 1 fully saturated rings. The maximum atomic E-state index is 14.4. The van der Waals surface area contributed by atoms with Gasteiger partial charge in [0.15, 0.2) is 11.6 Å². The summed E-state index contributed by atoms with van der Waals surface area (Å²) in [7, 11) is 0. The van der Waals surface area contributed by atoms with Crippen molar-refractivity contribution in [3.63, 3.8) is 0 Å². The molecule has 2 unspecified atom stereocenters. The zero-order valence-corrected chi connectivity index (χ0v) is 12.0. The summed E-state index contributed by atoms with van der Waals surface area (Å²) in [6.07, 6.45) is 4.10. The number of aryl methyl sites for hydroxylation is 1. The van der Waals surface area contributed by atoms with Crippen LogP contribution in [0.25, 0.3) is 0 Å². The van der Waals surface area contributed by atoms with E-state index in [2.05, 4.69) is 34.0 Å². The number of aromatic nitrogens is 2. The predicted octanol–water partition coefficient (Wildman–Crippen LogP) is 2.14. The third-order valence-corrected chi connectivity index (χ3v) is 3.91. The van der Waals surface area contributed by atoms with Crippen LogP contribution in [0.5, 0.6) is 0 Å². The van der Waals surface area contributed by atoms with Crippen molar-refractivity contribution in [2.24, 2.45) is 0 Å². The van der Waals surface area contributed by atoms with Crippen molar-refractivity contribution >= 4 is 5.82 Å². The van der Waals surface area contributed by atoms with Crippen LogP contribution in [-0.2, 0) is 6.42 Å². The lowest BCUT2D eigenvalue weighted by Gasteiger charge is -2.40. The van der Waals surface area contributed by atoms with Crippen LogP contribution in [0, 0.1) is 5.82 Å². The van der Waals surface area contributed by atoms with E-state index in [1.54, 1.807) is 0 Å². The molecular weight excluding hydrogens is 243 g/mol. The van der Waals surface area contributed by atoms with Crippen molar-refractivity contribution in [1.29, 1.82) is 0 Å². The average molecular weight is 266 g/mol. The number of halogens is 1. The highest BCUT2D eigenvalue weighted by Crippen LogP contribution is 2.24. The maximum Gasteiger partial charge on any atom is 0.187 e. The lowest BCUT2D eigenvalue weighted by molar-refractivity contribution is 0.372. The summed E-state index contributed by atoms with van der Waals surface area (Å²) in [4.78, 5) is 10.3. The summed E-state index contributed by atoms with van der Waals surface area (Å²) in [6.45, 7) is 7.90. The van der Waals surface area contributed by atoms with Gasteiger partial charge in [0.25, 0.3) is 0 Å². The van der Waals surface area contributed by atoms with Gasteiger partial charge in [0.1, 0.15) is 6.33 Å². The lowest BCUT2D eigenvalue weighted by atomic mass is 10.0. The Labute approximate surface area is 114 Å². The van der Waals surface area contributed by atoms with E-state index < -0.39 is 0 Å². The van der Waals surface area contributed by atoms with E-state index in [1.165, 1.54) is 6.33 Å². The Morgan fingerprint density at radius 3 is 2.74 bits per heavy atom. The molecule has 1 aromatic rings. The van der Waals surface area contributed by atoms with Gasteiger partial charge in [0.05, 0.1) is 5.69 Å². The molecule has 1 N–H and O–H groups in total. The van der Waals surface area contributed by atoms with E-state index in [-0.39, 0.29) is 5.82 Å². The smallest absolute Gasteiger partial charge is 0.187 e. The molecule has 19 heavy (non-hydrogen) atoms. The first-order chi connectivity index (χ1) is 9.21. The number of hydrogen-bond acceptors (Lipinski definition) is 4. The molecule has 0 spiro atoms. The Bertz CT molecular complexity index is 424. The van der Waals surface area contributed by atoms with Gasteiger partial charge in [-0.1, -0.05) is 20.8 Å². The first-order valence-corrected chi connectivity index (χ1v) is 7.20. The van der Waals surface area contributed by atoms with Gasteiger partial charge in [-0.25, -0.2) is 14.4 Å². The third-order valence-electron chi connectivity index (χ3n) is 3.91. The SMILES string of the molecule is CCc1ncnc(N2CC(CC)NCC2CC)c1F. The molecule has 2 rings (SSSR count). The van der Waals surface area contributed by atoms with E-state index in [1.807, 2.05) is 6.92 Å². The fourth-order valence-electron chi connectivity index (χ4n) is 2.60. The largest absolute Gasteiger partial charge is 0.348 e. The lowest BCUT2D eigenvalue weighted by Crippen LogP contribution is -2.56. The van der Waals surface area contributed by atoms with Crippen LogP contribution in [0.2, 0.25) is 0 Å². The van der Waals surface area contributed by atoms with Crippen molar-refractivity contribution in [2.45, 2.75) is 52.1 Å². The monoisotopic (exact) mass is 266 g/mol. The highest BCUT2D eigenvalue weighted by atomic mass is 19.1. The average Bonchev–Trinajstić information content (AvgIpc) is 2.47. The molecule has 2 heterocycles. The first-order valence-electron chi connectivity index (χ1n) is 7.20. The summed E-state index contributed by atoms with van der Waals surface area (Å²) in [6, 6.07) is 0.708. The normalized spacial score (nSPS) is 23.7. The Balaban J connectivity index is 2.31. The highest BCUT2D eigenvalue weighted by molar-refractivity contribution is 5.43. The molecule has 5 heteroatoms. The summed E-state index contributed by atoms with van der Waals surface area (Å²) in [5, 5.41) is 3.51. The van der Waals surface area contributed by atoms with E-state index in [9.17, 15) is 4.39 Å². The van der Waals surface area contributed by atoms with E-state index in [0.717, 1.165) is 25.9 Å². The van der Waals surface area contributed by atoms with Crippen LogP contribution >= 0.6 is 0 Å². The fraction of sp³-hybridized carbons (Fsp3) is 0.714. The van der Waals surface area contributed by atoms with Crippen molar-refractivity contribution in [1.82, 2.24) is 15.3 Å². The predicted molar refractivity (Wildman–Crippen MR) is 74.9 cm³/mol. The van der Waals surface area contributed by atoms with Crippen molar-refractivity contribution < 1.29 is 4.39 Å². The molecule has 2 atom stereocenters. The summed E-state index contributed by atoms with van der Waals surface area (Å²) < 4.78 is 14.4. The number of nitrogens with zero attached hydrogens (tertiary/aromatic N) is 3. The van der Waals surface area contributed by atoms with Gasteiger partial charge in [-0.3, -0.25) is 0 Å². The Kier molecular flexibility index (Phi) is 4.69.